The van der Waals surface area contributed by atoms with Crippen LogP contribution in [0.2, 0.25) is 0 Å². The molecule has 0 aromatic heterocycles. The van der Waals surface area contributed by atoms with Crippen LogP contribution in [-0.4, -0.2) is 84.9 Å². The highest BCUT2D eigenvalue weighted by Crippen LogP contribution is 2.13. The molecule has 2 rings (SSSR count). The van der Waals surface area contributed by atoms with Gasteiger partial charge in [-0.1, -0.05) is 0 Å². The molecule has 0 saturated carbocycles. The fraction of sp³-hybridized carbons (Fsp3) is 0.923. The lowest BCUT2D eigenvalue weighted by atomic mass is 10.1. The van der Waals surface area contributed by atoms with Gasteiger partial charge < -0.3 is 15.2 Å². The van der Waals surface area contributed by atoms with Gasteiger partial charge in [-0.2, -0.15) is 0 Å². The molecule has 0 radical (unpaired) electrons. The number of nitrogens with zero attached hydrogens (tertiary/aromatic N) is 2. The maximum atomic E-state index is 11.0. The monoisotopic (exact) mass is 271 g/mol. The molecule has 0 aromatic carbocycles. The maximum Gasteiger partial charge on any atom is 0.317 e. The Morgan fingerprint density at radius 3 is 2.89 bits per heavy atom. The molecule has 3 atom stereocenters. The topological polar surface area (TPSA) is 65.0 Å². The van der Waals surface area contributed by atoms with Gasteiger partial charge in [-0.05, 0) is 13.8 Å². The first-order chi connectivity index (χ1) is 9.06. The summed E-state index contributed by atoms with van der Waals surface area (Å²) in [6.45, 7) is 9.46. The Balaban J connectivity index is 1.93. The normalized spacial score (nSPS) is 34.3. The third kappa shape index (κ3) is 4.14. The molecule has 6 nitrogen and oxygen atoms in total. The molecule has 2 aliphatic rings. The number of aliphatic carboxylic acids is 1. The Morgan fingerprint density at radius 2 is 2.21 bits per heavy atom. The number of hydrogen-bond donors (Lipinski definition) is 2. The molecular formula is C13H25N3O3. The van der Waals surface area contributed by atoms with Crippen LogP contribution in [-0.2, 0) is 9.53 Å². The quantitative estimate of drug-likeness (QED) is 0.715. The Hall–Kier alpha value is -0.690. The van der Waals surface area contributed by atoms with Gasteiger partial charge >= 0.3 is 5.97 Å². The minimum absolute atomic E-state index is 0.134. The van der Waals surface area contributed by atoms with Crippen molar-refractivity contribution in [3.63, 3.8) is 0 Å². The zero-order valence-electron chi connectivity index (χ0n) is 11.8. The summed E-state index contributed by atoms with van der Waals surface area (Å²) in [5.41, 5.74) is 0. The van der Waals surface area contributed by atoms with Crippen molar-refractivity contribution in [1.82, 2.24) is 15.1 Å². The zero-order chi connectivity index (χ0) is 13.8. The third-order valence-corrected chi connectivity index (χ3v) is 4.02. The van der Waals surface area contributed by atoms with E-state index in [0.717, 1.165) is 39.4 Å². The summed E-state index contributed by atoms with van der Waals surface area (Å²) in [7, 11) is 0. The van der Waals surface area contributed by atoms with Crippen molar-refractivity contribution in [2.75, 3.05) is 45.9 Å². The first kappa shape index (κ1) is 14.7. The van der Waals surface area contributed by atoms with Crippen LogP contribution in [0.1, 0.15) is 13.8 Å². The van der Waals surface area contributed by atoms with Gasteiger partial charge in [0.2, 0.25) is 0 Å². The molecule has 2 aliphatic heterocycles. The predicted molar refractivity (Wildman–Crippen MR) is 72.3 cm³/mol. The van der Waals surface area contributed by atoms with Crippen molar-refractivity contribution in [1.29, 1.82) is 0 Å². The molecule has 2 N–H and O–H groups in total. The van der Waals surface area contributed by atoms with Crippen LogP contribution < -0.4 is 5.32 Å². The number of morpholine rings is 1. The Morgan fingerprint density at radius 1 is 1.42 bits per heavy atom. The van der Waals surface area contributed by atoms with Crippen molar-refractivity contribution >= 4 is 5.97 Å². The van der Waals surface area contributed by atoms with E-state index >= 15 is 0 Å². The number of carboxylic acids is 1. The molecule has 0 amide bonds. The van der Waals surface area contributed by atoms with Crippen LogP contribution >= 0.6 is 0 Å². The molecule has 0 aromatic rings. The van der Waals surface area contributed by atoms with Gasteiger partial charge in [0.05, 0.1) is 19.8 Å². The van der Waals surface area contributed by atoms with E-state index in [2.05, 4.69) is 29.0 Å². The van der Waals surface area contributed by atoms with Gasteiger partial charge in [-0.25, -0.2) is 0 Å². The highest BCUT2D eigenvalue weighted by Gasteiger charge is 2.30. The largest absolute Gasteiger partial charge is 0.480 e. The Kier molecular flexibility index (Phi) is 5.15. The van der Waals surface area contributed by atoms with Crippen LogP contribution in [0.3, 0.4) is 0 Å². The first-order valence-corrected chi connectivity index (χ1v) is 7.07. The van der Waals surface area contributed by atoms with E-state index in [0.29, 0.717) is 12.1 Å². The second-order valence-electron chi connectivity index (χ2n) is 5.71. The summed E-state index contributed by atoms with van der Waals surface area (Å²) in [4.78, 5) is 15.5. The average Bonchev–Trinajstić information content (AvgIpc) is 2.34. The van der Waals surface area contributed by atoms with E-state index in [1.807, 2.05) is 0 Å². The van der Waals surface area contributed by atoms with Crippen LogP contribution in [0.5, 0.6) is 0 Å². The lowest BCUT2D eigenvalue weighted by molar-refractivity contribution is -0.139. The second kappa shape index (κ2) is 6.65. The van der Waals surface area contributed by atoms with Crippen molar-refractivity contribution in [2.45, 2.75) is 32.0 Å². The standard InChI is InChI=1S/C13H25N3O3/c1-10-6-16(8-13(17)18)12(5-14-10)7-15-3-4-19-9-11(15)2/h10-12,14H,3-9H2,1-2H3,(H,17,18)/t10?,11-,12-/m1/s1. The summed E-state index contributed by atoms with van der Waals surface area (Å²) in [5.74, 6) is -0.742. The molecule has 6 heteroatoms. The highest BCUT2D eigenvalue weighted by molar-refractivity contribution is 5.69. The third-order valence-electron chi connectivity index (χ3n) is 4.02. The molecule has 19 heavy (non-hydrogen) atoms. The number of ether oxygens (including phenoxy) is 1. The molecule has 0 aliphatic carbocycles. The second-order valence-corrected chi connectivity index (χ2v) is 5.71. The maximum absolute atomic E-state index is 11.0. The van der Waals surface area contributed by atoms with Crippen molar-refractivity contribution in [3.05, 3.63) is 0 Å². The predicted octanol–water partition coefficient (Wildman–Crippen LogP) is -0.546. The molecule has 2 fully saturated rings. The zero-order valence-corrected chi connectivity index (χ0v) is 11.8. The Labute approximate surface area is 114 Å². The van der Waals surface area contributed by atoms with Crippen molar-refractivity contribution < 1.29 is 14.6 Å². The fourth-order valence-corrected chi connectivity index (χ4v) is 2.88. The molecule has 2 saturated heterocycles. The minimum Gasteiger partial charge on any atom is -0.480 e. The summed E-state index contributed by atoms with van der Waals surface area (Å²) in [6, 6.07) is 1.05. The van der Waals surface area contributed by atoms with E-state index < -0.39 is 5.97 Å². The van der Waals surface area contributed by atoms with Gasteiger partial charge in [-0.15, -0.1) is 0 Å². The summed E-state index contributed by atoms with van der Waals surface area (Å²) < 4.78 is 5.44. The number of carboxylic acid groups (broad SMARTS) is 1. The summed E-state index contributed by atoms with van der Waals surface area (Å²) in [6.07, 6.45) is 0. The highest BCUT2D eigenvalue weighted by atomic mass is 16.5. The smallest absolute Gasteiger partial charge is 0.317 e. The van der Waals surface area contributed by atoms with Gasteiger partial charge in [0, 0.05) is 44.3 Å². The number of hydrogen-bond acceptors (Lipinski definition) is 5. The van der Waals surface area contributed by atoms with Gasteiger partial charge in [0.15, 0.2) is 0 Å². The summed E-state index contributed by atoms with van der Waals surface area (Å²) in [5, 5.41) is 12.5. The van der Waals surface area contributed by atoms with Crippen LogP contribution in [0.25, 0.3) is 0 Å². The summed E-state index contributed by atoms with van der Waals surface area (Å²) >= 11 is 0. The van der Waals surface area contributed by atoms with E-state index in [9.17, 15) is 4.79 Å². The van der Waals surface area contributed by atoms with Crippen molar-refractivity contribution in [3.8, 4) is 0 Å². The molecule has 0 bridgehead atoms. The van der Waals surface area contributed by atoms with Crippen LogP contribution in [0.4, 0.5) is 0 Å². The fourth-order valence-electron chi connectivity index (χ4n) is 2.88. The van der Waals surface area contributed by atoms with Crippen LogP contribution in [0.15, 0.2) is 0 Å². The van der Waals surface area contributed by atoms with E-state index in [-0.39, 0.29) is 12.6 Å². The number of rotatable bonds is 4. The number of carbonyl (C=O) groups is 1. The van der Waals surface area contributed by atoms with Crippen molar-refractivity contribution in [2.24, 2.45) is 0 Å². The van der Waals surface area contributed by atoms with Gasteiger partial charge in [0.25, 0.3) is 0 Å². The minimum atomic E-state index is -0.742. The molecule has 2 heterocycles. The van der Waals surface area contributed by atoms with E-state index in [1.54, 1.807) is 0 Å². The number of nitrogens with one attached hydrogen (secondary N) is 1. The lowest BCUT2D eigenvalue weighted by Gasteiger charge is -2.43. The number of piperazine rings is 1. The first-order valence-electron chi connectivity index (χ1n) is 7.07. The molecule has 0 spiro atoms. The Bertz CT molecular complexity index is 314. The SMILES string of the molecule is CC1CN(CC(=O)O)[C@@H](CN2CCOC[C@H]2C)CN1. The average molecular weight is 271 g/mol. The van der Waals surface area contributed by atoms with E-state index in [4.69, 9.17) is 9.84 Å². The molecular weight excluding hydrogens is 246 g/mol. The molecule has 110 valence electrons. The lowest BCUT2D eigenvalue weighted by Crippen LogP contribution is -2.61. The van der Waals surface area contributed by atoms with Gasteiger partial charge in [0.1, 0.15) is 0 Å². The van der Waals surface area contributed by atoms with Crippen LogP contribution in [0, 0.1) is 0 Å². The molecule has 1 unspecified atom stereocenters. The van der Waals surface area contributed by atoms with Gasteiger partial charge in [-0.3, -0.25) is 14.6 Å². The van der Waals surface area contributed by atoms with E-state index in [1.165, 1.54) is 0 Å².